The zero-order valence-electron chi connectivity index (χ0n) is 7.43. The molecule has 0 atom stereocenters. The van der Waals surface area contributed by atoms with Gasteiger partial charge in [-0.2, -0.15) is 13.2 Å². The molecule has 1 rings (SSSR count). The highest BCUT2D eigenvalue weighted by atomic mass is 19.4. The standard InChI is InChI=1S/C8H9F3N2O/c1-14-7-2-5(3-12)6(4-13-7)8(9,10)11/h2,4H,3,12H2,1H3. The van der Waals surface area contributed by atoms with Crippen LogP contribution in [-0.2, 0) is 12.7 Å². The van der Waals surface area contributed by atoms with E-state index >= 15 is 0 Å². The second kappa shape index (κ2) is 3.83. The molecule has 0 bridgehead atoms. The van der Waals surface area contributed by atoms with Gasteiger partial charge in [0.15, 0.2) is 0 Å². The normalized spacial score (nSPS) is 11.5. The highest BCUT2D eigenvalue weighted by Gasteiger charge is 2.33. The summed E-state index contributed by atoms with van der Waals surface area (Å²) in [7, 11) is 1.33. The highest BCUT2D eigenvalue weighted by Crippen LogP contribution is 2.32. The first-order valence-electron chi connectivity index (χ1n) is 3.79. The molecule has 0 amide bonds. The van der Waals surface area contributed by atoms with E-state index in [-0.39, 0.29) is 18.0 Å². The molecule has 1 aromatic rings. The van der Waals surface area contributed by atoms with Crippen LogP contribution >= 0.6 is 0 Å². The molecule has 0 spiro atoms. The van der Waals surface area contributed by atoms with E-state index in [0.717, 1.165) is 6.20 Å². The van der Waals surface area contributed by atoms with Gasteiger partial charge in [0.1, 0.15) is 0 Å². The molecule has 1 aromatic heterocycles. The Bertz CT molecular complexity index is 325. The lowest BCUT2D eigenvalue weighted by Crippen LogP contribution is -2.12. The largest absolute Gasteiger partial charge is 0.481 e. The van der Waals surface area contributed by atoms with E-state index in [4.69, 9.17) is 10.5 Å². The number of pyridine rings is 1. The molecular formula is C8H9F3N2O. The molecule has 0 saturated heterocycles. The van der Waals surface area contributed by atoms with Crippen LogP contribution in [0.1, 0.15) is 11.1 Å². The molecule has 0 aliphatic rings. The number of hydrogen-bond donors (Lipinski definition) is 1. The topological polar surface area (TPSA) is 48.1 Å². The van der Waals surface area contributed by atoms with E-state index < -0.39 is 11.7 Å². The van der Waals surface area contributed by atoms with Crippen LogP contribution in [0.15, 0.2) is 12.3 Å². The average molecular weight is 206 g/mol. The van der Waals surface area contributed by atoms with Gasteiger partial charge >= 0.3 is 6.18 Å². The summed E-state index contributed by atoms with van der Waals surface area (Å²) in [6.07, 6.45) is -3.70. The molecule has 14 heavy (non-hydrogen) atoms. The average Bonchev–Trinajstić information content (AvgIpc) is 2.15. The Hall–Kier alpha value is -1.30. The Morgan fingerprint density at radius 1 is 1.50 bits per heavy atom. The van der Waals surface area contributed by atoms with E-state index in [1.807, 2.05) is 0 Å². The fourth-order valence-electron chi connectivity index (χ4n) is 1.01. The summed E-state index contributed by atoms with van der Waals surface area (Å²) in [6, 6.07) is 1.18. The second-order valence-electron chi connectivity index (χ2n) is 2.59. The van der Waals surface area contributed by atoms with Crippen LogP contribution in [0.4, 0.5) is 13.2 Å². The maximum atomic E-state index is 12.3. The third-order valence-electron chi connectivity index (χ3n) is 1.70. The summed E-state index contributed by atoms with van der Waals surface area (Å²) in [4.78, 5) is 3.47. The maximum Gasteiger partial charge on any atom is 0.418 e. The van der Waals surface area contributed by atoms with Crippen LogP contribution in [0.25, 0.3) is 0 Å². The first-order valence-corrected chi connectivity index (χ1v) is 3.79. The summed E-state index contributed by atoms with van der Waals surface area (Å²) < 4.78 is 41.7. The molecule has 0 fully saturated rings. The molecule has 3 nitrogen and oxygen atoms in total. The fourth-order valence-corrected chi connectivity index (χ4v) is 1.01. The molecule has 0 unspecified atom stereocenters. The maximum absolute atomic E-state index is 12.3. The van der Waals surface area contributed by atoms with Gasteiger partial charge in [0.2, 0.25) is 5.88 Å². The third kappa shape index (κ3) is 2.14. The Labute approximate surface area is 78.7 Å². The number of rotatable bonds is 2. The fraction of sp³-hybridized carbons (Fsp3) is 0.375. The number of methoxy groups -OCH3 is 1. The zero-order chi connectivity index (χ0) is 10.8. The lowest BCUT2D eigenvalue weighted by molar-refractivity contribution is -0.138. The minimum atomic E-state index is -4.42. The predicted octanol–water partition coefficient (Wildman–Crippen LogP) is 1.57. The summed E-state index contributed by atoms with van der Waals surface area (Å²) in [5, 5.41) is 0. The van der Waals surface area contributed by atoms with Gasteiger partial charge in [-0.05, 0) is 5.56 Å². The molecule has 6 heteroatoms. The third-order valence-corrected chi connectivity index (χ3v) is 1.70. The van der Waals surface area contributed by atoms with Crippen molar-refractivity contribution in [2.24, 2.45) is 5.73 Å². The molecule has 0 aromatic carbocycles. The van der Waals surface area contributed by atoms with E-state index in [0.29, 0.717) is 0 Å². The van der Waals surface area contributed by atoms with Crippen LogP contribution in [0.3, 0.4) is 0 Å². The zero-order valence-corrected chi connectivity index (χ0v) is 7.43. The number of nitrogens with zero attached hydrogens (tertiary/aromatic N) is 1. The number of ether oxygens (including phenoxy) is 1. The van der Waals surface area contributed by atoms with Crippen LogP contribution in [0, 0.1) is 0 Å². The first-order chi connectivity index (χ1) is 6.49. The van der Waals surface area contributed by atoms with E-state index in [1.165, 1.54) is 13.2 Å². The second-order valence-corrected chi connectivity index (χ2v) is 2.59. The molecular weight excluding hydrogens is 197 g/mol. The Balaban J connectivity index is 3.18. The number of nitrogens with two attached hydrogens (primary N) is 1. The van der Waals surface area contributed by atoms with Crippen LogP contribution in [-0.4, -0.2) is 12.1 Å². The van der Waals surface area contributed by atoms with Crippen molar-refractivity contribution >= 4 is 0 Å². The minimum absolute atomic E-state index is 0.0237. The van der Waals surface area contributed by atoms with Crippen molar-refractivity contribution in [2.75, 3.05) is 7.11 Å². The summed E-state index contributed by atoms with van der Waals surface area (Å²) >= 11 is 0. The molecule has 78 valence electrons. The minimum Gasteiger partial charge on any atom is -0.481 e. The monoisotopic (exact) mass is 206 g/mol. The van der Waals surface area contributed by atoms with Gasteiger partial charge in [-0.1, -0.05) is 0 Å². The van der Waals surface area contributed by atoms with Crippen LogP contribution in [0.2, 0.25) is 0 Å². The molecule has 2 N–H and O–H groups in total. The lowest BCUT2D eigenvalue weighted by Gasteiger charge is -2.11. The van der Waals surface area contributed by atoms with Gasteiger partial charge in [0.05, 0.1) is 12.7 Å². The van der Waals surface area contributed by atoms with Crippen molar-refractivity contribution < 1.29 is 17.9 Å². The van der Waals surface area contributed by atoms with Crippen LogP contribution < -0.4 is 10.5 Å². The van der Waals surface area contributed by atoms with Gasteiger partial charge in [-0.15, -0.1) is 0 Å². The number of alkyl halides is 3. The molecule has 0 aliphatic heterocycles. The predicted molar refractivity (Wildman–Crippen MR) is 43.7 cm³/mol. The van der Waals surface area contributed by atoms with Gasteiger partial charge in [-0.3, -0.25) is 0 Å². The van der Waals surface area contributed by atoms with E-state index in [2.05, 4.69) is 4.98 Å². The molecule has 0 aliphatic carbocycles. The first kappa shape index (κ1) is 10.8. The summed E-state index contributed by atoms with van der Waals surface area (Å²) in [5.74, 6) is 0.124. The quantitative estimate of drug-likeness (QED) is 0.798. The van der Waals surface area contributed by atoms with Crippen molar-refractivity contribution in [3.8, 4) is 5.88 Å². The van der Waals surface area contributed by atoms with E-state index in [1.54, 1.807) is 0 Å². The summed E-state index contributed by atoms with van der Waals surface area (Å²) in [6.45, 7) is -0.201. The van der Waals surface area contributed by atoms with Crippen molar-refractivity contribution in [3.63, 3.8) is 0 Å². The van der Waals surface area contributed by atoms with Crippen molar-refractivity contribution in [2.45, 2.75) is 12.7 Å². The molecule has 1 heterocycles. The van der Waals surface area contributed by atoms with Crippen LogP contribution in [0.5, 0.6) is 5.88 Å². The Morgan fingerprint density at radius 2 is 2.14 bits per heavy atom. The van der Waals surface area contributed by atoms with Gasteiger partial charge in [-0.25, -0.2) is 4.98 Å². The Kier molecular flexibility index (Phi) is 2.95. The number of hydrogen-bond acceptors (Lipinski definition) is 3. The molecule has 0 saturated carbocycles. The number of aromatic nitrogens is 1. The van der Waals surface area contributed by atoms with Crippen molar-refractivity contribution in [1.29, 1.82) is 0 Å². The lowest BCUT2D eigenvalue weighted by atomic mass is 10.1. The SMILES string of the molecule is COc1cc(CN)c(C(F)(F)F)cn1. The Morgan fingerprint density at radius 3 is 2.57 bits per heavy atom. The molecule has 0 radical (unpaired) electrons. The van der Waals surface area contributed by atoms with Gasteiger partial charge in [0, 0.05) is 18.8 Å². The number of halogens is 3. The van der Waals surface area contributed by atoms with Gasteiger partial charge in [0.25, 0.3) is 0 Å². The smallest absolute Gasteiger partial charge is 0.418 e. The summed E-state index contributed by atoms with van der Waals surface area (Å²) in [5.41, 5.74) is 4.35. The van der Waals surface area contributed by atoms with Crippen molar-refractivity contribution in [3.05, 3.63) is 23.4 Å². The van der Waals surface area contributed by atoms with Crippen molar-refractivity contribution in [1.82, 2.24) is 4.98 Å². The highest BCUT2D eigenvalue weighted by molar-refractivity contribution is 5.31. The van der Waals surface area contributed by atoms with E-state index in [9.17, 15) is 13.2 Å². The van der Waals surface area contributed by atoms with Gasteiger partial charge < -0.3 is 10.5 Å².